The summed E-state index contributed by atoms with van der Waals surface area (Å²) in [6.07, 6.45) is 0.870. The van der Waals surface area contributed by atoms with Gasteiger partial charge < -0.3 is 5.32 Å². The molecule has 1 aliphatic heterocycles. The molecule has 0 spiro atoms. The number of thioether (sulfide) groups is 1. The first-order chi connectivity index (χ1) is 12.0. The lowest BCUT2D eigenvalue weighted by Gasteiger charge is -2.17. The van der Waals surface area contributed by atoms with Crippen molar-refractivity contribution in [2.45, 2.75) is 25.2 Å². The standard InChI is InChI=1S/C17H17N3O3S2/c1-3-12-9(2)6-14(25-12)17(23)20-19-16(22)10-4-5-13-11(7-10)18-15(21)8-24-13/h4-7H,3,8H2,1-2H3,(H,18,21)(H,19,22)(H,20,23). The van der Waals surface area contributed by atoms with E-state index in [9.17, 15) is 14.4 Å². The van der Waals surface area contributed by atoms with Gasteiger partial charge in [-0.3, -0.25) is 25.2 Å². The van der Waals surface area contributed by atoms with Crippen molar-refractivity contribution in [1.29, 1.82) is 0 Å². The van der Waals surface area contributed by atoms with Gasteiger partial charge in [-0.15, -0.1) is 23.1 Å². The van der Waals surface area contributed by atoms with E-state index in [4.69, 9.17) is 0 Å². The topological polar surface area (TPSA) is 87.3 Å². The predicted octanol–water partition coefficient (Wildman–Crippen LogP) is 2.74. The molecule has 0 radical (unpaired) electrons. The summed E-state index contributed by atoms with van der Waals surface area (Å²) in [4.78, 5) is 38.5. The Morgan fingerprint density at radius 1 is 1.20 bits per heavy atom. The molecule has 0 saturated heterocycles. The van der Waals surface area contributed by atoms with E-state index in [1.807, 2.05) is 19.9 Å². The molecule has 0 atom stereocenters. The number of nitrogens with one attached hydrogen (secondary N) is 3. The highest BCUT2D eigenvalue weighted by molar-refractivity contribution is 8.00. The van der Waals surface area contributed by atoms with Gasteiger partial charge in [0.05, 0.1) is 16.3 Å². The Kier molecular flexibility index (Phi) is 5.10. The second-order valence-electron chi connectivity index (χ2n) is 5.53. The molecule has 2 aromatic rings. The molecule has 1 aromatic carbocycles. The molecule has 3 N–H and O–H groups in total. The van der Waals surface area contributed by atoms with Crippen LogP contribution in [0.4, 0.5) is 5.69 Å². The molecule has 0 bridgehead atoms. The number of hydrogen-bond acceptors (Lipinski definition) is 5. The molecule has 25 heavy (non-hydrogen) atoms. The highest BCUT2D eigenvalue weighted by atomic mass is 32.2. The summed E-state index contributed by atoms with van der Waals surface area (Å²) in [5.74, 6) is -0.509. The zero-order valence-electron chi connectivity index (χ0n) is 13.8. The highest BCUT2D eigenvalue weighted by Gasteiger charge is 2.18. The Hall–Kier alpha value is -2.32. The van der Waals surface area contributed by atoms with Crippen LogP contribution >= 0.6 is 23.1 Å². The van der Waals surface area contributed by atoms with E-state index in [-0.39, 0.29) is 11.8 Å². The number of aryl methyl sites for hydroxylation is 2. The Balaban J connectivity index is 1.65. The zero-order chi connectivity index (χ0) is 18.0. The lowest BCUT2D eigenvalue weighted by molar-refractivity contribution is -0.113. The molecule has 2 heterocycles. The summed E-state index contributed by atoms with van der Waals surface area (Å²) in [6.45, 7) is 4.00. The van der Waals surface area contributed by atoms with E-state index in [2.05, 4.69) is 16.2 Å². The van der Waals surface area contributed by atoms with Gasteiger partial charge in [-0.05, 0) is 43.2 Å². The predicted molar refractivity (Wildman–Crippen MR) is 99.2 cm³/mol. The summed E-state index contributed by atoms with van der Waals surface area (Å²) >= 11 is 2.85. The van der Waals surface area contributed by atoms with Crippen molar-refractivity contribution < 1.29 is 14.4 Å². The summed E-state index contributed by atoms with van der Waals surface area (Å²) < 4.78 is 0. The van der Waals surface area contributed by atoms with E-state index < -0.39 is 5.91 Å². The number of rotatable bonds is 3. The zero-order valence-corrected chi connectivity index (χ0v) is 15.4. The SMILES string of the molecule is CCc1sc(C(=O)NNC(=O)c2ccc3c(c2)NC(=O)CS3)cc1C. The van der Waals surface area contributed by atoms with Crippen molar-refractivity contribution in [3.05, 3.63) is 45.1 Å². The molecule has 130 valence electrons. The average molecular weight is 375 g/mol. The van der Waals surface area contributed by atoms with Gasteiger partial charge in [0.15, 0.2) is 0 Å². The van der Waals surface area contributed by atoms with Crippen LogP contribution in [0.1, 0.15) is 37.4 Å². The van der Waals surface area contributed by atoms with Crippen molar-refractivity contribution in [3.8, 4) is 0 Å². The van der Waals surface area contributed by atoms with Gasteiger partial charge in [0.1, 0.15) is 0 Å². The van der Waals surface area contributed by atoms with Gasteiger partial charge in [-0.2, -0.15) is 0 Å². The minimum atomic E-state index is -0.440. The van der Waals surface area contributed by atoms with Crippen LogP contribution in [0.5, 0.6) is 0 Å². The molecule has 8 heteroatoms. The van der Waals surface area contributed by atoms with Gasteiger partial charge in [-0.25, -0.2) is 0 Å². The maximum absolute atomic E-state index is 12.2. The number of carbonyl (C=O) groups is 3. The monoisotopic (exact) mass is 375 g/mol. The van der Waals surface area contributed by atoms with Crippen LogP contribution in [0.2, 0.25) is 0 Å². The highest BCUT2D eigenvalue weighted by Crippen LogP contribution is 2.31. The molecule has 1 aliphatic rings. The van der Waals surface area contributed by atoms with Crippen molar-refractivity contribution in [3.63, 3.8) is 0 Å². The van der Waals surface area contributed by atoms with Crippen molar-refractivity contribution in [1.82, 2.24) is 10.9 Å². The molecule has 6 nitrogen and oxygen atoms in total. The van der Waals surface area contributed by atoms with E-state index in [0.29, 0.717) is 21.9 Å². The maximum Gasteiger partial charge on any atom is 0.279 e. The Bertz CT molecular complexity index is 861. The fraction of sp³-hybridized carbons (Fsp3) is 0.235. The number of amides is 3. The fourth-order valence-corrected chi connectivity index (χ4v) is 4.25. The van der Waals surface area contributed by atoms with Crippen LogP contribution in [-0.4, -0.2) is 23.5 Å². The first kappa shape index (κ1) is 17.5. The van der Waals surface area contributed by atoms with Gasteiger partial charge >= 0.3 is 0 Å². The minimum Gasteiger partial charge on any atom is -0.324 e. The number of fused-ring (bicyclic) bond motifs is 1. The lowest BCUT2D eigenvalue weighted by Crippen LogP contribution is -2.41. The normalized spacial score (nSPS) is 13.0. The summed E-state index contributed by atoms with van der Waals surface area (Å²) in [6, 6.07) is 6.86. The molecule has 1 aromatic heterocycles. The minimum absolute atomic E-state index is 0.0943. The van der Waals surface area contributed by atoms with Crippen LogP contribution in [0.3, 0.4) is 0 Å². The molecule has 0 fully saturated rings. The molecular weight excluding hydrogens is 358 g/mol. The van der Waals surface area contributed by atoms with Gasteiger partial charge in [0, 0.05) is 15.3 Å². The van der Waals surface area contributed by atoms with Crippen molar-refractivity contribution in [2.75, 3.05) is 11.1 Å². The Labute approximate surface area is 153 Å². The summed E-state index contributed by atoms with van der Waals surface area (Å²) in [5, 5.41) is 2.74. The van der Waals surface area contributed by atoms with E-state index in [1.165, 1.54) is 23.1 Å². The van der Waals surface area contributed by atoms with Gasteiger partial charge in [-0.1, -0.05) is 6.92 Å². The Morgan fingerprint density at radius 2 is 1.96 bits per heavy atom. The lowest BCUT2D eigenvalue weighted by atomic mass is 10.2. The molecule has 3 amide bonds. The number of carbonyl (C=O) groups excluding carboxylic acids is 3. The smallest absolute Gasteiger partial charge is 0.279 e. The van der Waals surface area contributed by atoms with Gasteiger partial charge in [0.25, 0.3) is 11.8 Å². The molecule has 0 unspecified atom stereocenters. The first-order valence-electron chi connectivity index (χ1n) is 7.74. The summed E-state index contributed by atoms with van der Waals surface area (Å²) in [7, 11) is 0. The van der Waals surface area contributed by atoms with Gasteiger partial charge in [0.2, 0.25) is 5.91 Å². The van der Waals surface area contributed by atoms with Crippen LogP contribution in [0.25, 0.3) is 0 Å². The maximum atomic E-state index is 12.2. The number of hydrogen-bond donors (Lipinski definition) is 3. The van der Waals surface area contributed by atoms with E-state index in [0.717, 1.165) is 21.8 Å². The summed E-state index contributed by atoms with van der Waals surface area (Å²) in [5.41, 5.74) is 6.89. The van der Waals surface area contributed by atoms with Crippen molar-refractivity contribution in [2.24, 2.45) is 0 Å². The van der Waals surface area contributed by atoms with Crippen LogP contribution in [0.15, 0.2) is 29.2 Å². The third-order valence-corrected chi connectivity index (χ3v) is 6.18. The quantitative estimate of drug-likeness (QED) is 0.720. The second kappa shape index (κ2) is 7.28. The number of thiophene rings is 1. The number of hydrazine groups is 1. The third-order valence-electron chi connectivity index (χ3n) is 3.73. The Morgan fingerprint density at radius 3 is 2.68 bits per heavy atom. The average Bonchev–Trinajstić information content (AvgIpc) is 2.99. The molecule has 0 aliphatic carbocycles. The molecule has 3 rings (SSSR count). The van der Waals surface area contributed by atoms with Crippen LogP contribution < -0.4 is 16.2 Å². The molecule has 0 saturated carbocycles. The van der Waals surface area contributed by atoms with E-state index >= 15 is 0 Å². The molecular formula is C17H17N3O3S2. The largest absolute Gasteiger partial charge is 0.324 e. The second-order valence-corrected chi connectivity index (χ2v) is 7.68. The fourth-order valence-electron chi connectivity index (χ4n) is 2.45. The number of anilines is 1. The van der Waals surface area contributed by atoms with Crippen LogP contribution in [0, 0.1) is 6.92 Å². The van der Waals surface area contributed by atoms with Crippen molar-refractivity contribution >= 4 is 46.5 Å². The van der Waals surface area contributed by atoms with Crippen LogP contribution in [-0.2, 0) is 11.2 Å². The third kappa shape index (κ3) is 3.85. The first-order valence-corrected chi connectivity index (χ1v) is 9.55. The number of benzene rings is 1. The van der Waals surface area contributed by atoms with E-state index in [1.54, 1.807) is 18.2 Å².